The molecule has 0 atom stereocenters. The first-order valence-corrected chi connectivity index (χ1v) is 5.81. The van der Waals surface area contributed by atoms with Crippen LogP contribution in [0.4, 0.5) is 5.82 Å². The first-order valence-electron chi connectivity index (χ1n) is 5.02. The fraction of sp³-hybridized carbons (Fsp3) is 0.400. The van der Waals surface area contributed by atoms with Gasteiger partial charge in [-0.25, -0.2) is 4.98 Å². The van der Waals surface area contributed by atoms with Crippen molar-refractivity contribution in [3.05, 3.63) is 22.3 Å². The van der Waals surface area contributed by atoms with Gasteiger partial charge in [-0.15, -0.1) is 0 Å². The molecule has 1 heterocycles. The standard InChI is InChI=1S/C10H14BrN3O3/c11-7-5-8(9(12)13-6-7)10(17)14(1-3-15)2-4-16/h5-6,15-16H,1-4H2,(H2,12,13). The highest BCUT2D eigenvalue weighted by Crippen LogP contribution is 2.17. The molecular weight excluding hydrogens is 290 g/mol. The van der Waals surface area contributed by atoms with E-state index in [-0.39, 0.29) is 43.6 Å². The maximum atomic E-state index is 12.1. The molecule has 0 radical (unpaired) electrons. The molecule has 7 heteroatoms. The van der Waals surface area contributed by atoms with Crippen molar-refractivity contribution in [3.63, 3.8) is 0 Å². The van der Waals surface area contributed by atoms with Crippen molar-refractivity contribution < 1.29 is 15.0 Å². The second kappa shape index (κ2) is 6.53. The van der Waals surface area contributed by atoms with Crippen LogP contribution in [0.15, 0.2) is 16.7 Å². The number of carbonyl (C=O) groups is 1. The van der Waals surface area contributed by atoms with Gasteiger partial charge < -0.3 is 20.8 Å². The fourth-order valence-electron chi connectivity index (χ4n) is 1.35. The molecule has 6 nitrogen and oxygen atoms in total. The molecular formula is C10H14BrN3O3. The molecule has 1 amide bonds. The second-order valence-corrected chi connectivity index (χ2v) is 4.24. The number of hydrogen-bond donors (Lipinski definition) is 3. The van der Waals surface area contributed by atoms with Gasteiger partial charge in [0, 0.05) is 23.8 Å². The van der Waals surface area contributed by atoms with Crippen molar-refractivity contribution in [2.24, 2.45) is 0 Å². The Hall–Kier alpha value is -1.18. The molecule has 0 bridgehead atoms. The minimum absolute atomic E-state index is 0.124. The van der Waals surface area contributed by atoms with Crippen LogP contribution in [-0.2, 0) is 0 Å². The zero-order chi connectivity index (χ0) is 12.8. The number of aliphatic hydroxyl groups is 2. The number of aromatic nitrogens is 1. The van der Waals surface area contributed by atoms with Crippen molar-refractivity contribution in [2.75, 3.05) is 32.0 Å². The van der Waals surface area contributed by atoms with E-state index in [4.69, 9.17) is 15.9 Å². The summed E-state index contributed by atoms with van der Waals surface area (Å²) in [5, 5.41) is 17.7. The van der Waals surface area contributed by atoms with Crippen LogP contribution in [0, 0.1) is 0 Å². The molecule has 1 aromatic rings. The van der Waals surface area contributed by atoms with Crippen LogP contribution in [0.3, 0.4) is 0 Å². The Balaban J connectivity index is 2.95. The van der Waals surface area contributed by atoms with Crippen molar-refractivity contribution in [1.29, 1.82) is 0 Å². The van der Waals surface area contributed by atoms with Crippen molar-refractivity contribution in [3.8, 4) is 0 Å². The van der Waals surface area contributed by atoms with Crippen LogP contribution < -0.4 is 5.73 Å². The number of pyridine rings is 1. The predicted octanol–water partition coefficient (Wildman–Crippen LogP) is -0.147. The van der Waals surface area contributed by atoms with Crippen LogP contribution >= 0.6 is 15.9 Å². The lowest BCUT2D eigenvalue weighted by Crippen LogP contribution is -2.36. The summed E-state index contributed by atoms with van der Waals surface area (Å²) in [6.07, 6.45) is 1.49. The third-order valence-corrected chi connectivity index (χ3v) is 2.58. The summed E-state index contributed by atoms with van der Waals surface area (Å²) >= 11 is 3.20. The highest BCUT2D eigenvalue weighted by atomic mass is 79.9. The molecule has 0 saturated heterocycles. The number of nitrogens with zero attached hydrogens (tertiary/aromatic N) is 2. The summed E-state index contributed by atoms with van der Waals surface area (Å²) in [4.78, 5) is 17.2. The molecule has 0 aliphatic heterocycles. The maximum absolute atomic E-state index is 12.1. The lowest BCUT2D eigenvalue weighted by molar-refractivity contribution is 0.0685. The van der Waals surface area contributed by atoms with Gasteiger partial charge in [-0.3, -0.25) is 4.79 Å². The van der Waals surface area contributed by atoms with E-state index in [0.717, 1.165) is 0 Å². The average molecular weight is 304 g/mol. The number of carbonyl (C=O) groups excluding carboxylic acids is 1. The third kappa shape index (κ3) is 3.65. The zero-order valence-electron chi connectivity index (χ0n) is 9.14. The van der Waals surface area contributed by atoms with Gasteiger partial charge in [0.05, 0.1) is 18.8 Å². The van der Waals surface area contributed by atoms with E-state index in [9.17, 15) is 4.79 Å². The number of halogens is 1. The van der Waals surface area contributed by atoms with Crippen molar-refractivity contribution >= 4 is 27.7 Å². The smallest absolute Gasteiger partial charge is 0.257 e. The number of rotatable bonds is 5. The summed E-state index contributed by atoms with van der Waals surface area (Å²) in [5.41, 5.74) is 5.87. The molecule has 4 N–H and O–H groups in total. The van der Waals surface area contributed by atoms with Gasteiger partial charge in [0.2, 0.25) is 0 Å². The monoisotopic (exact) mass is 303 g/mol. The Morgan fingerprint density at radius 1 is 1.41 bits per heavy atom. The lowest BCUT2D eigenvalue weighted by atomic mass is 10.2. The quantitative estimate of drug-likeness (QED) is 0.703. The Bertz CT molecular complexity index is 394. The molecule has 0 spiro atoms. The molecule has 17 heavy (non-hydrogen) atoms. The molecule has 0 aliphatic rings. The van der Waals surface area contributed by atoms with Crippen molar-refractivity contribution in [2.45, 2.75) is 0 Å². The number of aliphatic hydroxyl groups excluding tert-OH is 2. The highest BCUT2D eigenvalue weighted by Gasteiger charge is 2.18. The summed E-state index contributed by atoms with van der Waals surface area (Å²) in [7, 11) is 0. The Morgan fingerprint density at radius 3 is 2.53 bits per heavy atom. The van der Waals surface area contributed by atoms with Gasteiger partial charge in [0.1, 0.15) is 5.82 Å². The van der Waals surface area contributed by atoms with Crippen LogP contribution in [-0.4, -0.2) is 52.3 Å². The number of nitrogens with two attached hydrogens (primary N) is 1. The second-order valence-electron chi connectivity index (χ2n) is 3.33. The van der Waals surface area contributed by atoms with Crippen molar-refractivity contribution in [1.82, 2.24) is 9.88 Å². The minimum Gasteiger partial charge on any atom is -0.395 e. The summed E-state index contributed by atoms with van der Waals surface area (Å²) in [6, 6.07) is 1.56. The van der Waals surface area contributed by atoms with Gasteiger partial charge in [0.25, 0.3) is 5.91 Å². The fourth-order valence-corrected chi connectivity index (χ4v) is 1.68. The van der Waals surface area contributed by atoms with E-state index in [1.807, 2.05) is 0 Å². The number of hydrogen-bond acceptors (Lipinski definition) is 5. The maximum Gasteiger partial charge on any atom is 0.257 e. The molecule has 0 aromatic carbocycles. The van der Waals surface area contributed by atoms with E-state index in [1.54, 1.807) is 6.07 Å². The molecule has 94 valence electrons. The van der Waals surface area contributed by atoms with E-state index in [0.29, 0.717) is 4.47 Å². The molecule has 0 aliphatic carbocycles. The van der Waals surface area contributed by atoms with Crippen LogP contribution in [0.1, 0.15) is 10.4 Å². The van der Waals surface area contributed by atoms with E-state index < -0.39 is 0 Å². The predicted molar refractivity (Wildman–Crippen MR) is 66.4 cm³/mol. The number of amides is 1. The zero-order valence-corrected chi connectivity index (χ0v) is 10.7. The minimum atomic E-state index is -0.362. The molecule has 0 saturated carbocycles. The first kappa shape index (κ1) is 13.9. The SMILES string of the molecule is Nc1ncc(Br)cc1C(=O)N(CCO)CCO. The third-order valence-electron chi connectivity index (χ3n) is 2.14. The Kier molecular flexibility index (Phi) is 5.33. The molecule has 0 fully saturated rings. The van der Waals surface area contributed by atoms with E-state index in [1.165, 1.54) is 11.1 Å². The Morgan fingerprint density at radius 2 is 2.00 bits per heavy atom. The lowest BCUT2D eigenvalue weighted by Gasteiger charge is -2.21. The van der Waals surface area contributed by atoms with Crippen LogP contribution in [0.2, 0.25) is 0 Å². The number of anilines is 1. The van der Waals surface area contributed by atoms with Gasteiger partial charge in [-0.05, 0) is 22.0 Å². The molecule has 0 unspecified atom stereocenters. The summed E-state index contributed by atoms with van der Waals surface area (Å²) in [5.74, 6) is -0.238. The summed E-state index contributed by atoms with van der Waals surface area (Å²) < 4.78 is 0.642. The van der Waals surface area contributed by atoms with Gasteiger partial charge in [-0.1, -0.05) is 0 Å². The first-order chi connectivity index (χ1) is 8.10. The van der Waals surface area contributed by atoms with E-state index >= 15 is 0 Å². The molecule has 1 aromatic heterocycles. The number of nitrogen functional groups attached to an aromatic ring is 1. The Labute approximate surface area is 107 Å². The summed E-state index contributed by atoms with van der Waals surface area (Å²) in [6.45, 7) is -0.0587. The molecule has 1 rings (SSSR count). The topological polar surface area (TPSA) is 99.7 Å². The van der Waals surface area contributed by atoms with Crippen LogP contribution in [0.25, 0.3) is 0 Å². The van der Waals surface area contributed by atoms with E-state index in [2.05, 4.69) is 20.9 Å². The highest BCUT2D eigenvalue weighted by molar-refractivity contribution is 9.10. The largest absolute Gasteiger partial charge is 0.395 e. The average Bonchev–Trinajstić information content (AvgIpc) is 2.31. The van der Waals surface area contributed by atoms with Crippen LogP contribution in [0.5, 0.6) is 0 Å². The van der Waals surface area contributed by atoms with Gasteiger partial charge >= 0.3 is 0 Å². The normalized spacial score (nSPS) is 10.3. The van der Waals surface area contributed by atoms with Gasteiger partial charge in [-0.2, -0.15) is 0 Å². The van der Waals surface area contributed by atoms with Gasteiger partial charge in [0.15, 0.2) is 0 Å².